The number of carbonyl (C=O) groups excluding carboxylic acids is 3. The van der Waals surface area contributed by atoms with Crippen molar-refractivity contribution in [3.05, 3.63) is 0 Å². The van der Waals surface area contributed by atoms with Crippen molar-refractivity contribution in [2.24, 2.45) is 0 Å². The average Bonchev–Trinajstić information content (AvgIpc) is 3.12. The first-order valence-electron chi connectivity index (χ1n) is 17.8. The van der Waals surface area contributed by atoms with Crippen LogP contribution in [0.25, 0.3) is 0 Å². The highest BCUT2D eigenvalue weighted by molar-refractivity contribution is 7.99. The molecule has 0 aromatic rings. The topological polar surface area (TPSA) is 271 Å². The van der Waals surface area contributed by atoms with E-state index in [1.165, 1.54) is 0 Å². The van der Waals surface area contributed by atoms with E-state index in [0.717, 1.165) is 57.1 Å². The number of carbonyl (C=O) groups is 3. The Hall–Kier alpha value is -1.91. The van der Waals surface area contributed by atoms with Crippen molar-refractivity contribution in [2.45, 2.75) is 118 Å². The fraction of sp³-hybridized carbons (Fsp3) is 0.879. The number of hydrogen-bond acceptors (Lipinski definition) is 14. The van der Waals surface area contributed by atoms with Crippen LogP contribution in [0, 0.1) is 0 Å². The van der Waals surface area contributed by atoms with Crippen molar-refractivity contribution in [1.82, 2.24) is 26.6 Å². The fourth-order valence-electron chi connectivity index (χ4n) is 2.81. The molecule has 12 N–H and O–H groups in total. The molecule has 0 saturated heterocycles. The van der Waals surface area contributed by atoms with Gasteiger partial charge in [-0.05, 0) is 64.9 Å². The minimum atomic E-state index is -1.65. The van der Waals surface area contributed by atoms with E-state index in [-0.39, 0.29) is 38.5 Å². The van der Waals surface area contributed by atoms with Gasteiger partial charge in [0.2, 0.25) is 5.91 Å². The van der Waals surface area contributed by atoms with Crippen molar-refractivity contribution in [3.63, 3.8) is 0 Å². The number of thiocarbonyl (C=S) groups is 1. The summed E-state index contributed by atoms with van der Waals surface area (Å²) in [5.41, 5.74) is 0. The first kappa shape index (κ1) is 62.1. The molecule has 3 amide bonds. The van der Waals surface area contributed by atoms with Crippen LogP contribution in [-0.2, 0) is 19.1 Å². The summed E-state index contributed by atoms with van der Waals surface area (Å²) >= 11 is 6.48. The maximum atomic E-state index is 10.5. The summed E-state index contributed by atoms with van der Waals surface area (Å²) in [5.74, 6) is 2.27. The van der Waals surface area contributed by atoms with Crippen LogP contribution in [0.1, 0.15) is 93.9 Å². The van der Waals surface area contributed by atoms with Gasteiger partial charge in [0.05, 0.1) is 12.7 Å². The molecule has 4 unspecified atom stereocenters. The second-order valence-corrected chi connectivity index (χ2v) is 11.6. The maximum Gasteiger partial charge on any atom is 0.316 e. The number of thioether (sulfide) groups is 1. The molecule has 0 heterocycles. The van der Waals surface area contributed by atoms with Gasteiger partial charge >= 0.3 is 6.03 Å². The fourth-order valence-corrected chi connectivity index (χ4v) is 3.55. The largest absolute Gasteiger partial charge is 0.390 e. The van der Waals surface area contributed by atoms with Crippen LogP contribution in [0.3, 0.4) is 0 Å². The monoisotopic (exact) mass is 797 g/mol. The Balaban J connectivity index is -0.000000125. The summed E-state index contributed by atoms with van der Waals surface area (Å²) in [5, 5.41) is 74.2. The number of hydrogen-bond donors (Lipinski definition) is 12. The van der Waals surface area contributed by atoms with E-state index in [1.807, 2.05) is 46.4 Å². The van der Waals surface area contributed by atoms with E-state index in [9.17, 15) is 24.6 Å². The van der Waals surface area contributed by atoms with Crippen LogP contribution < -0.4 is 26.6 Å². The van der Waals surface area contributed by atoms with E-state index in [1.54, 1.807) is 6.92 Å². The quantitative estimate of drug-likeness (QED) is 0.0309. The highest BCUT2D eigenvalue weighted by Gasteiger charge is 2.29. The Morgan fingerprint density at radius 2 is 1.31 bits per heavy atom. The summed E-state index contributed by atoms with van der Waals surface area (Å²) < 4.78 is 9.65. The van der Waals surface area contributed by atoms with Crippen LogP contribution in [0.15, 0.2) is 0 Å². The summed E-state index contributed by atoms with van der Waals surface area (Å²) in [7, 11) is 0. The molecule has 0 bridgehead atoms. The van der Waals surface area contributed by atoms with Crippen molar-refractivity contribution in [2.75, 3.05) is 71.2 Å². The van der Waals surface area contributed by atoms with Gasteiger partial charge in [0.25, 0.3) is 0 Å². The molecular weight excluding hydrogens is 723 g/mol. The van der Waals surface area contributed by atoms with Crippen molar-refractivity contribution in [3.8, 4) is 0 Å². The maximum absolute atomic E-state index is 10.5. The van der Waals surface area contributed by atoms with Crippen molar-refractivity contribution >= 4 is 47.3 Å². The Morgan fingerprint density at radius 1 is 0.731 bits per heavy atom. The number of nitrogens with one attached hydrogen (secondary N) is 5. The Morgan fingerprint density at radius 3 is 1.69 bits per heavy atom. The van der Waals surface area contributed by atoms with Gasteiger partial charge in [0.1, 0.15) is 38.6 Å². The second-order valence-electron chi connectivity index (χ2n) is 9.84. The van der Waals surface area contributed by atoms with Gasteiger partial charge in [-0.15, -0.1) is 0 Å². The highest BCUT2D eigenvalue weighted by Crippen LogP contribution is 2.10. The molecule has 17 nitrogen and oxygen atoms in total. The number of rotatable bonds is 22. The van der Waals surface area contributed by atoms with E-state index >= 15 is 0 Å². The number of urea groups is 1. The van der Waals surface area contributed by atoms with Crippen LogP contribution in [0.5, 0.6) is 0 Å². The van der Waals surface area contributed by atoms with Crippen molar-refractivity contribution in [1.29, 1.82) is 0 Å². The molecular formula is C33H75N5O12S2. The second kappa shape index (κ2) is 55.8. The molecule has 0 aliphatic carbocycles. The van der Waals surface area contributed by atoms with E-state index < -0.39 is 24.4 Å². The lowest BCUT2D eigenvalue weighted by molar-refractivity contribution is -0.134. The molecule has 4 atom stereocenters. The molecule has 0 saturated carbocycles. The zero-order chi connectivity index (χ0) is 41.4. The number of ether oxygens (including phenoxy) is 2. The number of amides is 3. The first-order chi connectivity index (χ1) is 24.8. The van der Waals surface area contributed by atoms with E-state index in [4.69, 9.17) is 30.3 Å². The Labute approximate surface area is 322 Å². The normalized spacial score (nSPS) is 11.8. The third-order valence-electron chi connectivity index (χ3n) is 5.31. The van der Waals surface area contributed by atoms with Crippen molar-refractivity contribution < 1.29 is 59.6 Å². The van der Waals surface area contributed by atoms with E-state index in [0.29, 0.717) is 37.5 Å². The smallest absolute Gasteiger partial charge is 0.316 e. The minimum absolute atomic E-state index is 0.105. The lowest BCUT2D eigenvalue weighted by Gasteiger charge is -2.23. The standard InChI is InChI=1S/C9H18O5.C6H13NO.C5H12O2S.C5H12O.C4H10N2O2.C4H10N2OS/c1-2-3-4-6(11)8(13)9(14)7(12)5-10;1-3-5-6(8)7-4-2;1-2-8-4-3-7-5-6;1-3-5-6-4-2;2*1-2-5-4(8)6-3-7/h5-9,11-14H,2-4H2,1H3;3-5H2,1-2H3,(H,7,8);6H,2-5H2,1H3;3-5H2,1-2H3;2*7H,2-3H2,1H3,(H2,5,6,8). The SMILES string of the molecule is CCCC(=O)NCC.CCCCC(O)C(O)C(O)C(O)C=O.CCCOCC.CCNC(=O)NCO.CCNC(=S)NCO.CCSCCOCO. The summed E-state index contributed by atoms with van der Waals surface area (Å²) in [6.45, 7) is 19.8. The Bertz CT molecular complexity index is 657. The zero-order valence-electron chi connectivity index (χ0n) is 32.9. The first-order valence-corrected chi connectivity index (χ1v) is 19.4. The molecule has 0 aromatic carbocycles. The minimum Gasteiger partial charge on any atom is -0.390 e. The van der Waals surface area contributed by atoms with Crippen LogP contribution in [-0.4, -0.2) is 155 Å². The van der Waals surface area contributed by atoms with Crippen LogP contribution in [0.4, 0.5) is 4.79 Å². The number of aldehydes is 1. The van der Waals surface area contributed by atoms with Gasteiger partial charge in [0, 0.05) is 45.0 Å². The third kappa shape index (κ3) is 60.2. The van der Waals surface area contributed by atoms with Gasteiger partial charge in [-0.3, -0.25) is 4.79 Å². The van der Waals surface area contributed by atoms with Gasteiger partial charge in [-0.25, -0.2) is 4.79 Å². The molecule has 316 valence electrons. The van der Waals surface area contributed by atoms with E-state index in [2.05, 4.69) is 57.4 Å². The molecule has 0 aliphatic heterocycles. The molecule has 0 rings (SSSR count). The molecule has 0 aromatic heterocycles. The summed E-state index contributed by atoms with van der Waals surface area (Å²) in [6, 6.07) is -0.338. The number of unbranched alkanes of at least 4 members (excludes halogenated alkanes) is 1. The van der Waals surface area contributed by atoms with Gasteiger partial charge < -0.3 is 76.6 Å². The molecule has 0 fully saturated rings. The molecule has 52 heavy (non-hydrogen) atoms. The predicted octanol–water partition coefficient (Wildman–Crippen LogP) is 0.556. The molecule has 0 radical (unpaired) electrons. The van der Waals surface area contributed by atoms with Gasteiger partial charge in [-0.2, -0.15) is 11.8 Å². The molecule has 0 spiro atoms. The lowest BCUT2D eigenvalue weighted by Crippen LogP contribution is -2.45. The van der Waals surface area contributed by atoms with Gasteiger partial charge in [0.15, 0.2) is 11.4 Å². The number of aliphatic hydroxyl groups is 7. The molecule has 19 heteroatoms. The Kier molecular flexibility index (Phi) is 66.7. The summed E-state index contributed by atoms with van der Waals surface area (Å²) in [4.78, 5) is 30.9. The third-order valence-corrected chi connectivity index (χ3v) is 6.46. The number of aliphatic hydroxyl groups excluding tert-OH is 7. The van der Waals surface area contributed by atoms with Crippen LogP contribution >= 0.6 is 24.0 Å². The van der Waals surface area contributed by atoms with Crippen LogP contribution in [0.2, 0.25) is 0 Å². The van der Waals surface area contributed by atoms with Gasteiger partial charge in [-0.1, -0.05) is 40.5 Å². The lowest BCUT2D eigenvalue weighted by atomic mass is 10.00. The predicted molar refractivity (Wildman–Crippen MR) is 212 cm³/mol. The highest BCUT2D eigenvalue weighted by atomic mass is 32.2. The zero-order valence-corrected chi connectivity index (χ0v) is 34.5. The average molecular weight is 798 g/mol. The summed E-state index contributed by atoms with van der Waals surface area (Å²) in [6.07, 6.45) is -1.12. The molecule has 0 aliphatic rings.